The zero-order valence-electron chi connectivity index (χ0n) is 12.3. The van der Waals surface area contributed by atoms with Gasteiger partial charge in [0.15, 0.2) is 0 Å². The minimum absolute atomic E-state index is 0.189. The average Bonchev–Trinajstić information content (AvgIpc) is 2.99. The van der Waals surface area contributed by atoms with Gasteiger partial charge in [-0.15, -0.1) is 0 Å². The van der Waals surface area contributed by atoms with Crippen LogP contribution in [0.15, 0.2) is 48.8 Å². The first-order chi connectivity index (χ1) is 10.8. The molecule has 3 aromatic rings. The quantitative estimate of drug-likeness (QED) is 0.772. The minimum Gasteiger partial charge on any atom is -0.361 e. The highest BCUT2D eigenvalue weighted by molar-refractivity contribution is 5.83. The third-order valence-electron chi connectivity index (χ3n) is 4.58. The van der Waals surface area contributed by atoms with Crippen molar-refractivity contribution in [2.24, 2.45) is 0 Å². The molecule has 3 nitrogen and oxygen atoms in total. The molecule has 0 atom stereocenters. The van der Waals surface area contributed by atoms with Crippen molar-refractivity contribution in [2.75, 3.05) is 18.0 Å². The van der Waals surface area contributed by atoms with Gasteiger partial charge in [0.25, 0.3) is 0 Å². The smallest absolute Gasteiger partial charge is 0.128 e. The number of hydrogen-bond acceptors (Lipinski definition) is 2. The number of H-pyrrole nitrogens is 1. The maximum absolute atomic E-state index is 13.3. The molecule has 0 bridgehead atoms. The van der Waals surface area contributed by atoms with Crippen molar-refractivity contribution in [3.63, 3.8) is 0 Å². The van der Waals surface area contributed by atoms with E-state index in [1.54, 1.807) is 12.1 Å². The molecule has 2 aromatic heterocycles. The van der Waals surface area contributed by atoms with Crippen molar-refractivity contribution < 1.29 is 4.39 Å². The molecule has 1 saturated heterocycles. The van der Waals surface area contributed by atoms with Crippen LogP contribution in [0, 0.1) is 5.82 Å². The molecular formula is C18H18FN3. The van der Waals surface area contributed by atoms with Gasteiger partial charge >= 0.3 is 0 Å². The number of fused-ring (bicyclic) bond motifs is 1. The minimum atomic E-state index is -0.189. The fraction of sp³-hybridized carbons (Fsp3) is 0.278. The first-order valence-electron chi connectivity index (χ1n) is 7.74. The first kappa shape index (κ1) is 13.3. The van der Waals surface area contributed by atoms with Crippen LogP contribution < -0.4 is 4.90 Å². The molecule has 4 heteroatoms. The Morgan fingerprint density at radius 1 is 1.14 bits per heavy atom. The van der Waals surface area contributed by atoms with Crippen LogP contribution in [0.1, 0.15) is 24.3 Å². The summed E-state index contributed by atoms with van der Waals surface area (Å²) in [6.07, 6.45) is 6.09. The highest BCUT2D eigenvalue weighted by Crippen LogP contribution is 2.34. The van der Waals surface area contributed by atoms with Crippen LogP contribution in [0.4, 0.5) is 10.2 Å². The summed E-state index contributed by atoms with van der Waals surface area (Å²) in [5.41, 5.74) is 2.21. The summed E-state index contributed by atoms with van der Waals surface area (Å²) in [7, 11) is 0. The maximum atomic E-state index is 13.3. The van der Waals surface area contributed by atoms with Gasteiger partial charge in [0.2, 0.25) is 0 Å². The zero-order valence-corrected chi connectivity index (χ0v) is 12.3. The number of nitrogens with zero attached hydrogens (tertiary/aromatic N) is 2. The SMILES string of the molecule is Fc1ccc2c(C3CCN(c4ccccn4)CC3)c[nH]c2c1. The largest absolute Gasteiger partial charge is 0.361 e. The van der Waals surface area contributed by atoms with Gasteiger partial charge in [-0.05, 0) is 54.7 Å². The van der Waals surface area contributed by atoms with Crippen molar-refractivity contribution >= 4 is 16.7 Å². The maximum Gasteiger partial charge on any atom is 0.128 e. The lowest BCUT2D eigenvalue weighted by Gasteiger charge is -2.32. The van der Waals surface area contributed by atoms with Crippen molar-refractivity contribution in [2.45, 2.75) is 18.8 Å². The van der Waals surface area contributed by atoms with E-state index in [0.29, 0.717) is 5.92 Å². The molecule has 22 heavy (non-hydrogen) atoms. The number of benzene rings is 1. The van der Waals surface area contributed by atoms with Gasteiger partial charge < -0.3 is 9.88 Å². The van der Waals surface area contributed by atoms with Gasteiger partial charge in [-0.3, -0.25) is 0 Å². The number of piperidine rings is 1. The summed E-state index contributed by atoms with van der Waals surface area (Å²) in [4.78, 5) is 9.97. The number of anilines is 1. The van der Waals surface area contributed by atoms with Crippen molar-refractivity contribution in [1.29, 1.82) is 0 Å². The molecule has 3 heterocycles. The predicted octanol–water partition coefficient (Wildman–Crippen LogP) is 4.09. The van der Waals surface area contributed by atoms with E-state index in [4.69, 9.17) is 0 Å². The molecule has 0 radical (unpaired) electrons. The van der Waals surface area contributed by atoms with Crippen LogP contribution in [0.3, 0.4) is 0 Å². The second kappa shape index (κ2) is 5.44. The first-order valence-corrected chi connectivity index (χ1v) is 7.74. The lowest BCUT2D eigenvalue weighted by molar-refractivity contribution is 0.505. The highest BCUT2D eigenvalue weighted by Gasteiger charge is 2.23. The molecule has 1 aliphatic rings. The summed E-state index contributed by atoms with van der Waals surface area (Å²) in [5, 5.41) is 1.15. The Labute approximate surface area is 128 Å². The Morgan fingerprint density at radius 2 is 2.00 bits per heavy atom. The van der Waals surface area contributed by atoms with E-state index in [2.05, 4.69) is 20.9 Å². The second-order valence-electron chi connectivity index (χ2n) is 5.88. The second-order valence-corrected chi connectivity index (χ2v) is 5.88. The molecule has 112 valence electrons. The van der Waals surface area contributed by atoms with Gasteiger partial charge in [-0.1, -0.05) is 6.07 Å². The number of rotatable bonds is 2. The van der Waals surface area contributed by atoms with E-state index >= 15 is 0 Å². The Hall–Kier alpha value is -2.36. The molecule has 1 fully saturated rings. The van der Waals surface area contributed by atoms with Crippen molar-refractivity contribution in [3.05, 3.63) is 60.2 Å². The number of nitrogens with one attached hydrogen (secondary N) is 1. The van der Waals surface area contributed by atoms with Crippen LogP contribution in [-0.2, 0) is 0 Å². The van der Waals surface area contributed by atoms with Gasteiger partial charge in [-0.25, -0.2) is 9.37 Å². The Morgan fingerprint density at radius 3 is 2.77 bits per heavy atom. The van der Waals surface area contributed by atoms with Crippen molar-refractivity contribution in [3.8, 4) is 0 Å². The zero-order chi connectivity index (χ0) is 14.9. The number of aromatic amines is 1. The summed E-state index contributed by atoms with van der Waals surface area (Å²) in [6.45, 7) is 2.02. The van der Waals surface area contributed by atoms with Gasteiger partial charge in [0.1, 0.15) is 11.6 Å². The molecule has 4 rings (SSSR count). The number of halogens is 1. The van der Waals surface area contributed by atoms with Crippen LogP contribution in [0.2, 0.25) is 0 Å². The van der Waals surface area contributed by atoms with Crippen LogP contribution >= 0.6 is 0 Å². The molecule has 1 aromatic carbocycles. The van der Waals surface area contributed by atoms with Gasteiger partial charge in [-0.2, -0.15) is 0 Å². The van der Waals surface area contributed by atoms with E-state index in [9.17, 15) is 4.39 Å². The summed E-state index contributed by atoms with van der Waals surface area (Å²) in [6, 6.07) is 11.0. The molecule has 1 aliphatic heterocycles. The molecular weight excluding hydrogens is 277 g/mol. The van der Waals surface area contributed by atoms with Crippen LogP contribution in [0.25, 0.3) is 10.9 Å². The summed E-state index contributed by atoms with van der Waals surface area (Å²) in [5.74, 6) is 1.40. The van der Waals surface area contributed by atoms with E-state index in [-0.39, 0.29) is 5.82 Å². The molecule has 1 N–H and O–H groups in total. The molecule has 0 amide bonds. The fourth-order valence-corrected chi connectivity index (χ4v) is 3.42. The van der Waals surface area contributed by atoms with E-state index in [1.165, 1.54) is 5.56 Å². The Kier molecular flexibility index (Phi) is 3.29. The van der Waals surface area contributed by atoms with Gasteiger partial charge in [0.05, 0.1) is 0 Å². The third kappa shape index (κ3) is 2.34. The number of aromatic nitrogens is 2. The summed E-state index contributed by atoms with van der Waals surface area (Å²) >= 11 is 0. The third-order valence-corrected chi connectivity index (χ3v) is 4.58. The lowest BCUT2D eigenvalue weighted by atomic mass is 9.89. The van der Waals surface area contributed by atoms with E-state index < -0.39 is 0 Å². The molecule has 0 unspecified atom stereocenters. The average molecular weight is 295 g/mol. The monoisotopic (exact) mass is 295 g/mol. The highest BCUT2D eigenvalue weighted by atomic mass is 19.1. The van der Waals surface area contributed by atoms with E-state index in [1.807, 2.05) is 30.6 Å². The van der Waals surface area contributed by atoms with Gasteiger partial charge in [0, 0.05) is 36.4 Å². The molecule has 0 saturated carbocycles. The Bertz CT molecular complexity index is 773. The van der Waals surface area contributed by atoms with Crippen LogP contribution in [0.5, 0.6) is 0 Å². The topological polar surface area (TPSA) is 31.9 Å². The molecule has 0 spiro atoms. The normalized spacial score (nSPS) is 16.3. The lowest BCUT2D eigenvalue weighted by Crippen LogP contribution is -2.33. The van der Waals surface area contributed by atoms with Crippen molar-refractivity contribution in [1.82, 2.24) is 9.97 Å². The van der Waals surface area contributed by atoms with Crippen LogP contribution in [-0.4, -0.2) is 23.1 Å². The predicted molar refractivity (Wildman–Crippen MR) is 86.7 cm³/mol. The molecule has 0 aliphatic carbocycles. The van der Waals surface area contributed by atoms with E-state index in [0.717, 1.165) is 42.7 Å². The number of pyridine rings is 1. The summed E-state index contributed by atoms with van der Waals surface area (Å²) < 4.78 is 13.3. The Balaban J connectivity index is 1.53. The fourth-order valence-electron chi connectivity index (χ4n) is 3.42. The number of hydrogen-bond donors (Lipinski definition) is 1. The standard InChI is InChI=1S/C18H18FN3/c19-14-4-5-15-16(12-21-17(15)11-14)13-6-9-22(10-7-13)18-3-1-2-8-20-18/h1-5,8,11-13,21H,6-7,9-10H2.